The molecular weight excluding hydrogens is 494 g/mol. The van der Waals surface area contributed by atoms with Crippen molar-refractivity contribution in [1.29, 1.82) is 0 Å². The topological polar surface area (TPSA) is 60.2 Å². The lowest BCUT2D eigenvalue weighted by Crippen LogP contribution is -1.99. The molecule has 3 aromatic heterocycles. The van der Waals surface area contributed by atoms with Crippen LogP contribution < -0.4 is 4.74 Å². The van der Waals surface area contributed by atoms with Gasteiger partial charge in [-0.3, -0.25) is 4.57 Å². The molecule has 3 heterocycles. The van der Waals surface area contributed by atoms with Crippen LogP contribution in [0.2, 0.25) is 0 Å². The standard InChI is InChI=1S/C35H27N3O2/c1-21-17-22(2)34(23(3)18-21)25-15-16-36-32(19-25)38-29-9-5-4-8-27(29)28-13-12-26(20-30(28)38)40-33-14-11-24-7-6-10-31(39)35(24)37-33/h4-20,39H,1-3H3. The first kappa shape index (κ1) is 23.9. The van der Waals surface area contributed by atoms with E-state index in [-0.39, 0.29) is 5.75 Å². The molecule has 0 saturated carbocycles. The number of fused-ring (bicyclic) bond motifs is 4. The first-order chi connectivity index (χ1) is 19.5. The Kier molecular flexibility index (Phi) is 5.53. The van der Waals surface area contributed by atoms with Crippen molar-refractivity contribution in [2.75, 3.05) is 0 Å². The number of para-hydroxylation sites is 2. The summed E-state index contributed by atoms with van der Waals surface area (Å²) in [7, 11) is 0. The lowest BCUT2D eigenvalue weighted by atomic mass is 9.94. The van der Waals surface area contributed by atoms with Gasteiger partial charge in [0.15, 0.2) is 0 Å². The van der Waals surface area contributed by atoms with Gasteiger partial charge < -0.3 is 9.84 Å². The molecule has 40 heavy (non-hydrogen) atoms. The maximum Gasteiger partial charge on any atom is 0.219 e. The van der Waals surface area contributed by atoms with E-state index in [2.05, 4.69) is 84.9 Å². The number of hydrogen-bond acceptors (Lipinski definition) is 4. The summed E-state index contributed by atoms with van der Waals surface area (Å²) in [5.74, 6) is 2.04. The number of phenols is 1. The SMILES string of the molecule is Cc1cc(C)c(-c2ccnc(-n3c4ccccc4c4ccc(Oc5ccc6cccc(O)c6n5)cc43)c2)c(C)c1. The quantitative estimate of drug-likeness (QED) is 0.251. The highest BCUT2D eigenvalue weighted by Gasteiger charge is 2.16. The van der Waals surface area contributed by atoms with Gasteiger partial charge in [0.2, 0.25) is 5.88 Å². The molecule has 0 spiro atoms. The minimum absolute atomic E-state index is 0.128. The Hall–Kier alpha value is -5.16. The van der Waals surface area contributed by atoms with Crippen LogP contribution >= 0.6 is 0 Å². The van der Waals surface area contributed by atoms with Crippen molar-refractivity contribution >= 4 is 32.7 Å². The number of pyridine rings is 2. The molecule has 0 aliphatic rings. The second-order valence-electron chi connectivity index (χ2n) is 10.3. The van der Waals surface area contributed by atoms with Crippen LogP contribution in [0.4, 0.5) is 0 Å². The fourth-order valence-electron chi connectivity index (χ4n) is 5.88. The molecule has 7 aromatic rings. The van der Waals surface area contributed by atoms with Gasteiger partial charge in [0, 0.05) is 34.5 Å². The molecule has 0 unspecified atom stereocenters. The van der Waals surface area contributed by atoms with E-state index < -0.39 is 0 Å². The summed E-state index contributed by atoms with van der Waals surface area (Å²) in [6.07, 6.45) is 1.88. The van der Waals surface area contributed by atoms with Crippen molar-refractivity contribution in [3.63, 3.8) is 0 Å². The molecule has 5 heteroatoms. The zero-order valence-electron chi connectivity index (χ0n) is 22.5. The van der Waals surface area contributed by atoms with Crippen LogP contribution in [-0.4, -0.2) is 19.6 Å². The maximum atomic E-state index is 10.3. The summed E-state index contributed by atoms with van der Waals surface area (Å²) in [4.78, 5) is 9.37. The predicted molar refractivity (Wildman–Crippen MR) is 162 cm³/mol. The van der Waals surface area contributed by atoms with Gasteiger partial charge in [0.05, 0.1) is 11.0 Å². The first-order valence-electron chi connectivity index (χ1n) is 13.3. The van der Waals surface area contributed by atoms with E-state index in [1.807, 2.05) is 36.5 Å². The van der Waals surface area contributed by atoms with Gasteiger partial charge in [-0.1, -0.05) is 48.0 Å². The summed E-state index contributed by atoms with van der Waals surface area (Å²) in [6.45, 7) is 6.47. The van der Waals surface area contributed by atoms with Crippen LogP contribution in [-0.2, 0) is 0 Å². The monoisotopic (exact) mass is 521 g/mol. The second kappa shape index (κ2) is 9.24. The smallest absolute Gasteiger partial charge is 0.219 e. The van der Waals surface area contributed by atoms with Gasteiger partial charge in [-0.2, -0.15) is 0 Å². The molecule has 0 atom stereocenters. The number of aryl methyl sites for hydroxylation is 3. The first-order valence-corrected chi connectivity index (χ1v) is 13.3. The Balaban J connectivity index is 1.38. The van der Waals surface area contributed by atoms with Crippen LogP contribution in [0.3, 0.4) is 0 Å². The second-order valence-corrected chi connectivity index (χ2v) is 10.3. The van der Waals surface area contributed by atoms with Crippen LogP contribution in [0.5, 0.6) is 17.4 Å². The van der Waals surface area contributed by atoms with Gasteiger partial charge in [-0.05, 0) is 85.5 Å². The number of hydrogen-bond donors (Lipinski definition) is 1. The lowest BCUT2D eigenvalue weighted by molar-refractivity contribution is 0.460. The number of aromatic nitrogens is 3. The third-order valence-electron chi connectivity index (χ3n) is 7.48. The summed E-state index contributed by atoms with van der Waals surface area (Å²) < 4.78 is 8.41. The molecule has 1 N–H and O–H groups in total. The predicted octanol–water partition coefficient (Wildman–Crippen LogP) is 8.82. The van der Waals surface area contributed by atoms with Crippen molar-refractivity contribution < 1.29 is 9.84 Å². The fraction of sp³-hybridized carbons (Fsp3) is 0.0857. The minimum atomic E-state index is 0.128. The van der Waals surface area contributed by atoms with Crippen LogP contribution in [0.1, 0.15) is 16.7 Å². The van der Waals surface area contributed by atoms with Crippen molar-refractivity contribution in [2.45, 2.75) is 20.8 Å². The van der Waals surface area contributed by atoms with Crippen molar-refractivity contribution in [2.24, 2.45) is 0 Å². The third-order valence-corrected chi connectivity index (χ3v) is 7.48. The average molecular weight is 522 g/mol. The summed E-state index contributed by atoms with van der Waals surface area (Å²) in [6, 6.07) is 32.2. The normalized spacial score (nSPS) is 11.5. The Morgan fingerprint density at radius 2 is 1.52 bits per heavy atom. The molecule has 0 aliphatic heterocycles. The van der Waals surface area contributed by atoms with Gasteiger partial charge >= 0.3 is 0 Å². The highest BCUT2D eigenvalue weighted by molar-refractivity contribution is 6.09. The maximum absolute atomic E-state index is 10.3. The van der Waals surface area contributed by atoms with Crippen LogP contribution in [0, 0.1) is 20.8 Å². The van der Waals surface area contributed by atoms with Crippen molar-refractivity contribution in [1.82, 2.24) is 14.5 Å². The highest BCUT2D eigenvalue weighted by atomic mass is 16.5. The highest BCUT2D eigenvalue weighted by Crippen LogP contribution is 2.36. The Bertz CT molecular complexity index is 2070. The summed E-state index contributed by atoms with van der Waals surface area (Å²) in [5, 5.41) is 13.4. The molecule has 7 rings (SSSR count). The molecule has 0 aliphatic carbocycles. The van der Waals surface area contributed by atoms with E-state index in [9.17, 15) is 5.11 Å². The Morgan fingerprint density at radius 1 is 0.725 bits per heavy atom. The Labute approximate surface area is 232 Å². The minimum Gasteiger partial charge on any atom is -0.506 e. The van der Waals surface area contributed by atoms with Gasteiger partial charge in [0.25, 0.3) is 0 Å². The zero-order valence-corrected chi connectivity index (χ0v) is 22.5. The molecular formula is C35H27N3O2. The van der Waals surface area contributed by atoms with E-state index in [1.54, 1.807) is 12.1 Å². The number of rotatable bonds is 4. The molecule has 0 saturated heterocycles. The van der Waals surface area contributed by atoms with Crippen molar-refractivity contribution in [3.05, 3.63) is 120 Å². The summed E-state index contributed by atoms with van der Waals surface area (Å²) >= 11 is 0. The number of aromatic hydroxyl groups is 1. The zero-order chi connectivity index (χ0) is 27.4. The molecule has 5 nitrogen and oxygen atoms in total. The van der Waals surface area contributed by atoms with Crippen LogP contribution in [0.25, 0.3) is 49.7 Å². The van der Waals surface area contributed by atoms with Gasteiger partial charge in [-0.25, -0.2) is 9.97 Å². The lowest BCUT2D eigenvalue weighted by Gasteiger charge is -2.14. The van der Waals surface area contributed by atoms with E-state index in [4.69, 9.17) is 9.72 Å². The van der Waals surface area contributed by atoms with E-state index in [0.717, 1.165) is 38.6 Å². The Morgan fingerprint density at radius 3 is 2.38 bits per heavy atom. The largest absolute Gasteiger partial charge is 0.506 e. The number of ether oxygens (including phenoxy) is 1. The number of nitrogens with zero attached hydrogens (tertiary/aromatic N) is 3. The fourth-order valence-corrected chi connectivity index (χ4v) is 5.88. The molecule has 0 radical (unpaired) electrons. The van der Waals surface area contributed by atoms with Gasteiger partial charge in [-0.15, -0.1) is 0 Å². The number of benzene rings is 4. The number of phenolic OH excluding ortho intramolecular Hbond substituents is 1. The van der Waals surface area contributed by atoms with Gasteiger partial charge in [0.1, 0.15) is 22.8 Å². The molecule has 194 valence electrons. The van der Waals surface area contributed by atoms with E-state index in [1.165, 1.54) is 22.3 Å². The average Bonchev–Trinajstić information content (AvgIpc) is 3.27. The van der Waals surface area contributed by atoms with E-state index >= 15 is 0 Å². The molecule has 0 fully saturated rings. The van der Waals surface area contributed by atoms with Crippen LogP contribution in [0.15, 0.2) is 103 Å². The summed E-state index contributed by atoms with van der Waals surface area (Å²) in [5.41, 5.74) is 8.72. The molecule has 0 amide bonds. The third kappa shape index (κ3) is 3.95. The van der Waals surface area contributed by atoms with E-state index in [0.29, 0.717) is 17.1 Å². The molecule has 0 bridgehead atoms. The molecule has 4 aromatic carbocycles. The van der Waals surface area contributed by atoms with Crippen molar-refractivity contribution in [3.8, 4) is 34.3 Å².